The lowest BCUT2D eigenvalue weighted by atomic mass is 9.55. The van der Waals surface area contributed by atoms with Crippen LogP contribution in [0.3, 0.4) is 0 Å². The largest absolute Gasteiger partial charge is 0.369 e. The van der Waals surface area contributed by atoms with Gasteiger partial charge in [-0.3, -0.25) is 0 Å². The van der Waals surface area contributed by atoms with E-state index in [1.54, 1.807) is 82.7 Å². The van der Waals surface area contributed by atoms with E-state index in [0.717, 1.165) is 46.0 Å². The van der Waals surface area contributed by atoms with Gasteiger partial charge in [0.15, 0.2) is 0 Å². The molecular formula is C32H46NPS. The molecule has 0 radical (unpaired) electrons. The molecular weight excluding hydrogens is 461 g/mol. The van der Waals surface area contributed by atoms with Gasteiger partial charge < -0.3 is 4.90 Å². The van der Waals surface area contributed by atoms with Crippen LogP contribution in [0.1, 0.15) is 90.9 Å². The van der Waals surface area contributed by atoms with E-state index in [0.29, 0.717) is 10.3 Å². The van der Waals surface area contributed by atoms with Gasteiger partial charge in [0.05, 0.1) is 0 Å². The van der Waals surface area contributed by atoms with Crippen LogP contribution in [-0.4, -0.2) is 33.9 Å². The maximum absolute atomic E-state index is 2.86. The van der Waals surface area contributed by atoms with Gasteiger partial charge >= 0.3 is 0 Å². The molecule has 1 aromatic rings. The van der Waals surface area contributed by atoms with Gasteiger partial charge in [-0.15, -0.1) is 0 Å². The number of hydrogen-bond donors (Lipinski definition) is 0. The minimum Gasteiger partial charge on any atom is -0.369 e. The smallest absolute Gasteiger partial charge is 0.0445 e. The van der Waals surface area contributed by atoms with Crippen LogP contribution in [-0.2, 0) is 0 Å². The summed E-state index contributed by atoms with van der Waals surface area (Å²) >= 11 is 2.21. The van der Waals surface area contributed by atoms with Gasteiger partial charge in [0.1, 0.15) is 0 Å². The van der Waals surface area contributed by atoms with Gasteiger partial charge in [0.2, 0.25) is 0 Å². The summed E-state index contributed by atoms with van der Waals surface area (Å²) in [5.41, 5.74) is 1.68. The van der Waals surface area contributed by atoms with Crippen molar-refractivity contribution in [1.29, 1.82) is 0 Å². The van der Waals surface area contributed by atoms with Crippen LogP contribution in [0, 0.1) is 35.5 Å². The summed E-state index contributed by atoms with van der Waals surface area (Å²) in [5.74, 6) is 6.41. The predicted molar refractivity (Wildman–Crippen MR) is 154 cm³/mol. The first-order valence-corrected chi connectivity index (χ1v) is 17.6. The Bertz CT molecular complexity index is 863. The molecule has 0 aromatic heterocycles. The summed E-state index contributed by atoms with van der Waals surface area (Å²) in [6.45, 7) is 7.43. The van der Waals surface area contributed by atoms with Gasteiger partial charge in [-0.1, -0.05) is 40.0 Å². The Labute approximate surface area is 219 Å². The molecule has 2 unspecified atom stereocenters. The maximum Gasteiger partial charge on any atom is 0.0445 e. The zero-order valence-corrected chi connectivity index (χ0v) is 23.8. The van der Waals surface area contributed by atoms with E-state index >= 15 is 0 Å². The minimum atomic E-state index is -0.127. The third-order valence-corrected chi connectivity index (χ3v) is 16.9. The van der Waals surface area contributed by atoms with Crippen molar-refractivity contribution in [1.82, 2.24) is 0 Å². The number of anilines is 1. The molecule has 1 aliphatic heterocycles. The zero-order valence-electron chi connectivity index (χ0n) is 22.1. The van der Waals surface area contributed by atoms with Crippen LogP contribution in [0.25, 0.3) is 0 Å². The third-order valence-electron chi connectivity index (χ3n) is 11.8. The van der Waals surface area contributed by atoms with Gasteiger partial charge in [0.25, 0.3) is 0 Å². The van der Waals surface area contributed by atoms with E-state index in [1.165, 1.54) is 13.1 Å². The SMILES string of the molecule is CC1CN(c2ccccc2P(C23CC4CC(CC(C4)C2)C3)C23CC4CC(CC(C4)C2)C3)CC(C)S1. The molecule has 8 saturated carbocycles. The molecule has 35 heavy (non-hydrogen) atoms. The lowest BCUT2D eigenvalue weighted by Crippen LogP contribution is -2.58. The first-order valence-electron chi connectivity index (χ1n) is 15.3. The Morgan fingerprint density at radius 2 is 1.06 bits per heavy atom. The molecule has 9 fully saturated rings. The van der Waals surface area contributed by atoms with E-state index in [-0.39, 0.29) is 7.92 Å². The van der Waals surface area contributed by atoms with Crippen molar-refractivity contribution < 1.29 is 0 Å². The number of benzene rings is 1. The van der Waals surface area contributed by atoms with E-state index in [4.69, 9.17) is 0 Å². The molecule has 190 valence electrons. The monoisotopic (exact) mass is 507 g/mol. The molecule has 0 N–H and O–H groups in total. The molecule has 8 bridgehead atoms. The number of hydrogen-bond acceptors (Lipinski definition) is 2. The summed E-state index contributed by atoms with van der Waals surface area (Å²) in [7, 11) is -0.127. The van der Waals surface area contributed by atoms with Gasteiger partial charge in [-0.25, -0.2) is 0 Å². The number of para-hydroxylation sites is 1. The van der Waals surface area contributed by atoms with Crippen molar-refractivity contribution >= 4 is 30.7 Å². The van der Waals surface area contributed by atoms with Crippen molar-refractivity contribution in [2.75, 3.05) is 18.0 Å². The van der Waals surface area contributed by atoms with Crippen molar-refractivity contribution in [3.63, 3.8) is 0 Å². The minimum absolute atomic E-state index is 0.127. The van der Waals surface area contributed by atoms with Crippen LogP contribution in [0.2, 0.25) is 0 Å². The molecule has 1 saturated heterocycles. The molecule has 1 heterocycles. The van der Waals surface area contributed by atoms with Crippen molar-refractivity contribution in [2.45, 2.75) is 112 Å². The molecule has 10 rings (SSSR count). The highest BCUT2D eigenvalue weighted by Gasteiger charge is 2.63. The summed E-state index contributed by atoms with van der Waals surface area (Å²) in [5, 5.41) is 4.73. The first kappa shape index (κ1) is 22.8. The van der Waals surface area contributed by atoms with E-state index in [9.17, 15) is 0 Å². The Hall–Kier alpha value is -0.200. The summed E-state index contributed by atoms with van der Waals surface area (Å²) in [6, 6.07) is 10.1. The second kappa shape index (κ2) is 8.15. The van der Waals surface area contributed by atoms with E-state index < -0.39 is 0 Å². The number of thioether (sulfide) groups is 1. The second-order valence-electron chi connectivity index (χ2n) is 14.8. The third kappa shape index (κ3) is 3.65. The fourth-order valence-corrected chi connectivity index (χ4v) is 18.7. The predicted octanol–water partition coefficient (Wildman–Crippen LogP) is 8.06. The van der Waals surface area contributed by atoms with Crippen molar-refractivity contribution in [3.8, 4) is 0 Å². The molecule has 2 atom stereocenters. The lowest BCUT2D eigenvalue weighted by molar-refractivity contribution is 0.0195. The topological polar surface area (TPSA) is 3.24 Å². The average molecular weight is 508 g/mol. The molecule has 1 nitrogen and oxygen atoms in total. The molecule has 9 aliphatic rings. The van der Waals surface area contributed by atoms with Gasteiger partial charge in [-0.05, 0) is 129 Å². The Morgan fingerprint density at radius 1 is 0.657 bits per heavy atom. The van der Waals surface area contributed by atoms with Crippen molar-refractivity contribution in [3.05, 3.63) is 24.3 Å². The van der Waals surface area contributed by atoms with Gasteiger partial charge in [0, 0.05) is 34.6 Å². The lowest BCUT2D eigenvalue weighted by Gasteiger charge is -2.67. The Morgan fingerprint density at radius 3 is 1.49 bits per heavy atom. The molecule has 3 heteroatoms. The number of rotatable bonds is 4. The normalized spacial score (nSPS) is 50.6. The Kier molecular flexibility index (Phi) is 5.30. The quantitative estimate of drug-likeness (QED) is 0.379. The molecule has 8 aliphatic carbocycles. The average Bonchev–Trinajstić information content (AvgIpc) is 2.76. The summed E-state index contributed by atoms with van der Waals surface area (Å²) in [6.07, 6.45) is 19.1. The standard InChI is InChI=1S/C32H46NPS/c1-21-19-33(20-22(2)35-21)29-5-3-4-6-30(29)34(31-13-23-7-24(14-31)9-25(8-23)15-31)32-16-26-10-27(17-32)12-28(11-26)18-32/h3-6,21-28H,7-20H2,1-2H3. The molecule has 0 amide bonds. The Balaban J connectivity index is 1.27. The fourth-order valence-electron chi connectivity index (χ4n) is 12.0. The van der Waals surface area contributed by atoms with E-state index in [2.05, 4.69) is 54.8 Å². The van der Waals surface area contributed by atoms with Crippen LogP contribution >= 0.6 is 19.7 Å². The summed E-state index contributed by atoms with van der Waals surface area (Å²) in [4.78, 5) is 2.86. The fraction of sp³-hybridized carbons (Fsp3) is 0.812. The van der Waals surface area contributed by atoms with Crippen LogP contribution in [0.4, 0.5) is 5.69 Å². The number of nitrogens with zero attached hydrogens (tertiary/aromatic N) is 1. The molecule has 0 spiro atoms. The maximum atomic E-state index is 2.86. The van der Waals surface area contributed by atoms with Crippen LogP contribution in [0.15, 0.2) is 24.3 Å². The van der Waals surface area contributed by atoms with Crippen molar-refractivity contribution in [2.24, 2.45) is 35.5 Å². The van der Waals surface area contributed by atoms with E-state index in [1.807, 2.05) is 5.30 Å². The van der Waals surface area contributed by atoms with Gasteiger partial charge in [-0.2, -0.15) is 11.8 Å². The summed E-state index contributed by atoms with van der Waals surface area (Å²) < 4.78 is 0. The van der Waals surface area contributed by atoms with Crippen LogP contribution < -0.4 is 10.2 Å². The highest BCUT2D eigenvalue weighted by molar-refractivity contribution is 8.00. The van der Waals surface area contributed by atoms with Crippen LogP contribution in [0.5, 0.6) is 0 Å². The highest BCUT2D eigenvalue weighted by atomic mass is 32.2. The first-order chi connectivity index (χ1) is 17.0. The highest BCUT2D eigenvalue weighted by Crippen LogP contribution is 2.78. The zero-order chi connectivity index (χ0) is 23.4. The molecule has 1 aromatic carbocycles. The second-order valence-corrected chi connectivity index (χ2v) is 19.7.